The Morgan fingerprint density at radius 1 is 1.09 bits per heavy atom. The van der Waals surface area contributed by atoms with E-state index >= 15 is 0 Å². The lowest BCUT2D eigenvalue weighted by atomic mass is 10.3. The summed E-state index contributed by atoms with van der Waals surface area (Å²) in [6.45, 7) is 4.36. The minimum atomic E-state index is 0.847. The number of hydrogen-bond acceptors (Lipinski definition) is 1. The molecule has 0 radical (unpaired) electrons. The van der Waals surface area contributed by atoms with E-state index in [1.54, 1.807) is 0 Å². The highest BCUT2D eigenvalue weighted by atomic mass is 14.9. The van der Waals surface area contributed by atoms with Gasteiger partial charge in [-0.15, -0.1) is 0 Å². The van der Waals surface area contributed by atoms with Gasteiger partial charge in [0.15, 0.2) is 0 Å². The van der Waals surface area contributed by atoms with Crippen molar-refractivity contribution in [2.24, 2.45) is 0 Å². The van der Waals surface area contributed by atoms with Crippen molar-refractivity contribution in [3.05, 3.63) is 0 Å². The van der Waals surface area contributed by atoms with Gasteiger partial charge in [0, 0.05) is 6.04 Å². The van der Waals surface area contributed by atoms with Crippen LogP contribution in [0.1, 0.15) is 52.4 Å². The summed E-state index contributed by atoms with van der Waals surface area (Å²) in [5.41, 5.74) is 0. The zero-order valence-corrected chi connectivity index (χ0v) is 8.32. The van der Waals surface area contributed by atoms with E-state index in [9.17, 15) is 0 Å². The molecule has 0 saturated heterocycles. The third-order valence-electron chi connectivity index (χ3n) is 2.26. The molecule has 0 heterocycles. The van der Waals surface area contributed by atoms with Crippen LogP contribution >= 0.6 is 0 Å². The van der Waals surface area contributed by atoms with Gasteiger partial charge in [-0.05, 0) is 19.9 Å². The molecule has 1 aliphatic carbocycles. The van der Waals surface area contributed by atoms with Crippen LogP contribution in [0.5, 0.6) is 0 Å². The second kappa shape index (κ2) is 8.06. The first-order chi connectivity index (χ1) is 5.35. The largest absolute Gasteiger partial charge is 0.317 e. The van der Waals surface area contributed by atoms with E-state index in [4.69, 9.17) is 0 Å². The Hall–Kier alpha value is -0.0400. The number of nitrogens with one attached hydrogen (secondary N) is 1. The van der Waals surface area contributed by atoms with Gasteiger partial charge in [-0.3, -0.25) is 0 Å². The molecular weight excluding hydrogens is 134 g/mol. The molecule has 0 unspecified atom stereocenters. The molecule has 0 atom stereocenters. The van der Waals surface area contributed by atoms with E-state index in [2.05, 4.69) is 26.2 Å². The minimum Gasteiger partial charge on any atom is -0.317 e. The quantitative estimate of drug-likeness (QED) is 0.650. The van der Waals surface area contributed by atoms with Crippen molar-refractivity contribution in [1.29, 1.82) is 0 Å². The Morgan fingerprint density at radius 2 is 1.55 bits per heavy atom. The van der Waals surface area contributed by atoms with Crippen LogP contribution in [0.15, 0.2) is 0 Å². The first-order valence-electron chi connectivity index (χ1n) is 5.02. The monoisotopic (exact) mass is 157 g/mol. The molecule has 1 nitrogen and oxygen atoms in total. The molecule has 1 rings (SSSR count). The van der Waals surface area contributed by atoms with Crippen LogP contribution in [-0.4, -0.2) is 13.1 Å². The summed E-state index contributed by atoms with van der Waals surface area (Å²) in [7, 11) is 2.05. The highest BCUT2D eigenvalue weighted by Gasteiger charge is 2.10. The second-order valence-corrected chi connectivity index (χ2v) is 3.27. The molecule has 0 aliphatic heterocycles. The standard InChI is InChI=1S/C6H13N.C4H10/c1-7-6-4-2-3-5-6;1-3-4-2/h6-7H,2-5H2,1H3;3-4H2,1-2H3. The second-order valence-electron chi connectivity index (χ2n) is 3.27. The third kappa shape index (κ3) is 6.36. The maximum Gasteiger partial charge on any atom is 0.00640 e. The zero-order valence-electron chi connectivity index (χ0n) is 8.32. The molecule has 1 heteroatoms. The van der Waals surface area contributed by atoms with Crippen molar-refractivity contribution >= 4 is 0 Å². The molecule has 1 aliphatic rings. The summed E-state index contributed by atoms with van der Waals surface area (Å²) >= 11 is 0. The zero-order chi connectivity index (χ0) is 8.53. The highest BCUT2D eigenvalue weighted by molar-refractivity contribution is 4.70. The Labute approximate surface area is 71.6 Å². The first-order valence-corrected chi connectivity index (χ1v) is 5.02. The van der Waals surface area contributed by atoms with Crippen LogP contribution in [0.2, 0.25) is 0 Å². The molecular formula is C10H23N. The lowest BCUT2D eigenvalue weighted by molar-refractivity contribution is 0.582. The molecule has 0 amide bonds. The molecule has 0 aromatic heterocycles. The van der Waals surface area contributed by atoms with E-state index in [1.807, 2.05) is 0 Å². The SMILES string of the molecule is CCCC.CNC1CCCC1. The number of unbranched alkanes of at least 4 members (excludes halogenated alkanes) is 1. The molecule has 11 heavy (non-hydrogen) atoms. The predicted molar refractivity (Wildman–Crippen MR) is 51.9 cm³/mol. The highest BCUT2D eigenvalue weighted by Crippen LogP contribution is 2.16. The summed E-state index contributed by atoms with van der Waals surface area (Å²) in [6, 6.07) is 0.847. The van der Waals surface area contributed by atoms with Gasteiger partial charge < -0.3 is 5.32 Å². The van der Waals surface area contributed by atoms with Crippen LogP contribution in [0, 0.1) is 0 Å². The van der Waals surface area contributed by atoms with E-state index in [1.165, 1.54) is 38.5 Å². The maximum atomic E-state index is 3.26. The molecule has 1 saturated carbocycles. The molecule has 0 bridgehead atoms. The van der Waals surface area contributed by atoms with Gasteiger partial charge in [0.05, 0.1) is 0 Å². The first kappa shape index (κ1) is 11.0. The van der Waals surface area contributed by atoms with Gasteiger partial charge >= 0.3 is 0 Å². The van der Waals surface area contributed by atoms with Gasteiger partial charge in [0.25, 0.3) is 0 Å². The average molecular weight is 157 g/mol. The van der Waals surface area contributed by atoms with Crippen molar-refractivity contribution in [3.8, 4) is 0 Å². The van der Waals surface area contributed by atoms with Gasteiger partial charge in [-0.25, -0.2) is 0 Å². The van der Waals surface area contributed by atoms with Crippen LogP contribution < -0.4 is 5.32 Å². The molecule has 0 spiro atoms. The number of hydrogen-bond donors (Lipinski definition) is 1. The van der Waals surface area contributed by atoms with Crippen molar-refractivity contribution in [3.63, 3.8) is 0 Å². The summed E-state index contributed by atoms with van der Waals surface area (Å²) in [5.74, 6) is 0. The Balaban J connectivity index is 0.000000218. The fourth-order valence-electron chi connectivity index (χ4n) is 1.21. The summed E-state index contributed by atoms with van der Waals surface area (Å²) in [5, 5.41) is 3.26. The lowest BCUT2D eigenvalue weighted by Crippen LogP contribution is -2.20. The topological polar surface area (TPSA) is 12.0 Å². The van der Waals surface area contributed by atoms with Crippen molar-refractivity contribution in [2.45, 2.75) is 58.4 Å². The van der Waals surface area contributed by atoms with Crippen molar-refractivity contribution in [2.75, 3.05) is 7.05 Å². The van der Waals surface area contributed by atoms with E-state index in [0.29, 0.717) is 0 Å². The van der Waals surface area contributed by atoms with Gasteiger partial charge in [-0.2, -0.15) is 0 Å². The van der Waals surface area contributed by atoms with Crippen molar-refractivity contribution in [1.82, 2.24) is 5.32 Å². The van der Waals surface area contributed by atoms with Crippen LogP contribution in [0.3, 0.4) is 0 Å². The van der Waals surface area contributed by atoms with Gasteiger partial charge in [0.2, 0.25) is 0 Å². The average Bonchev–Trinajstić information content (AvgIpc) is 2.56. The minimum absolute atomic E-state index is 0.847. The summed E-state index contributed by atoms with van der Waals surface area (Å²) < 4.78 is 0. The normalized spacial score (nSPS) is 17.7. The van der Waals surface area contributed by atoms with E-state index in [-0.39, 0.29) is 0 Å². The smallest absolute Gasteiger partial charge is 0.00640 e. The van der Waals surface area contributed by atoms with E-state index < -0.39 is 0 Å². The van der Waals surface area contributed by atoms with E-state index in [0.717, 1.165) is 6.04 Å². The summed E-state index contributed by atoms with van der Waals surface area (Å²) in [6.07, 6.45) is 8.31. The Morgan fingerprint density at radius 3 is 1.73 bits per heavy atom. The fourth-order valence-corrected chi connectivity index (χ4v) is 1.21. The van der Waals surface area contributed by atoms with Gasteiger partial charge in [0.1, 0.15) is 0 Å². The molecule has 1 fully saturated rings. The Bertz CT molecular complexity index is 63.3. The number of rotatable bonds is 2. The van der Waals surface area contributed by atoms with Crippen LogP contribution in [0.4, 0.5) is 0 Å². The van der Waals surface area contributed by atoms with Crippen LogP contribution in [0.25, 0.3) is 0 Å². The Kier molecular flexibility index (Phi) is 8.03. The van der Waals surface area contributed by atoms with Crippen LogP contribution in [-0.2, 0) is 0 Å². The lowest BCUT2D eigenvalue weighted by Gasteiger charge is -2.03. The van der Waals surface area contributed by atoms with Gasteiger partial charge in [-0.1, -0.05) is 39.5 Å². The predicted octanol–water partition coefficient (Wildman–Crippen LogP) is 2.95. The fraction of sp³-hybridized carbons (Fsp3) is 1.00. The third-order valence-corrected chi connectivity index (χ3v) is 2.26. The molecule has 0 aromatic carbocycles. The molecule has 68 valence electrons. The molecule has 0 aromatic rings. The summed E-state index contributed by atoms with van der Waals surface area (Å²) in [4.78, 5) is 0. The maximum absolute atomic E-state index is 3.26. The molecule has 1 N–H and O–H groups in total. The van der Waals surface area contributed by atoms with Crippen molar-refractivity contribution < 1.29 is 0 Å².